The van der Waals surface area contributed by atoms with Gasteiger partial charge >= 0.3 is 0 Å². The summed E-state index contributed by atoms with van der Waals surface area (Å²) in [7, 11) is 0. The molecule has 1 saturated heterocycles. The number of nitrogens with one attached hydrogen (secondary N) is 2. The average Bonchev–Trinajstić information content (AvgIpc) is 2.83. The Bertz CT molecular complexity index is 1000. The molecule has 0 saturated carbocycles. The van der Waals surface area contributed by atoms with Crippen LogP contribution >= 0.6 is 0 Å². The summed E-state index contributed by atoms with van der Waals surface area (Å²) in [4.78, 5) is 39.9. The molecule has 2 aromatic carbocycles. The van der Waals surface area contributed by atoms with E-state index in [4.69, 9.17) is 0 Å². The highest BCUT2D eigenvalue weighted by Gasteiger charge is 2.33. The van der Waals surface area contributed by atoms with Crippen LogP contribution in [-0.4, -0.2) is 48.3 Å². The molecule has 0 aliphatic carbocycles. The van der Waals surface area contributed by atoms with Gasteiger partial charge < -0.3 is 15.5 Å². The van der Waals surface area contributed by atoms with Crippen LogP contribution in [0.15, 0.2) is 48.5 Å². The molecule has 1 unspecified atom stereocenters. The summed E-state index contributed by atoms with van der Waals surface area (Å²) in [6.45, 7) is 4.88. The number of halogens is 2. The highest BCUT2D eigenvalue weighted by Crippen LogP contribution is 2.20. The monoisotopic (exact) mass is 471 g/mol. The Morgan fingerprint density at radius 3 is 2.26 bits per heavy atom. The maximum atomic E-state index is 13.7. The van der Waals surface area contributed by atoms with Crippen molar-refractivity contribution in [1.82, 2.24) is 15.5 Å². The van der Waals surface area contributed by atoms with Crippen LogP contribution in [0.5, 0.6) is 0 Å². The SMILES string of the molecule is CC(C)C(NC(=O)c1ccc(F)cc1)C(=O)N1CCC(C(=O)NCCc2ccccc2F)CC1. The Morgan fingerprint density at radius 1 is 1.00 bits per heavy atom. The molecule has 182 valence electrons. The van der Waals surface area contributed by atoms with Crippen molar-refractivity contribution in [3.63, 3.8) is 0 Å². The van der Waals surface area contributed by atoms with Gasteiger partial charge in [-0.2, -0.15) is 0 Å². The van der Waals surface area contributed by atoms with E-state index in [9.17, 15) is 23.2 Å². The molecule has 6 nitrogen and oxygen atoms in total. The fourth-order valence-corrected chi connectivity index (χ4v) is 4.06. The third-order valence-corrected chi connectivity index (χ3v) is 6.15. The van der Waals surface area contributed by atoms with Crippen molar-refractivity contribution in [3.05, 3.63) is 71.3 Å². The van der Waals surface area contributed by atoms with E-state index < -0.39 is 17.8 Å². The summed E-state index contributed by atoms with van der Waals surface area (Å²) in [5.41, 5.74) is 0.844. The average molecular weight is 472 g/mol. The highest BCUT2D eigenvalue weighted by atomic mass is 19.1. The zero-order valence-electron chi connectivity index (χ0n) is 19.5. The minimum absolute atomic E-state index is 0.0894. The van der Waals surface area contributed by atoms with E-state index in [1.165, 1.54) is 30.3 Å². The Labute approximate surface area is 198 Å². The van der Waals surface area contributed by atoms with Crippen LogP contribution < -0.4 is 10.6 Å². The largest absolute Gasteiger partial charge is 0.356 e. The van der Waals surface area contributed by atoms with Crippen molar-refractivity contribution in [3.8, 4) is 0 Å². The van der Waals surface area contributed by atoms with Gasteiger partial charge in [0.15, 0.2) is 0 Å². The van der Waals surface area contributed by atoms with Crippen LogP contribution in [0.2, 0.25) is 0 Å². The van der Waals surface area contributed by atoms with Crippen LogP contribution in [0.3, 0.4) is 0 Å². The van der Waals surface area contributed by atoms with Crippen LogP contribution in [-0.2, 0) is 16.0 Å². The zero-order valence-corrected chi connectivity index (χ0v) is 19.5. The minimum Gasteiger partial charge on any atom is -0.356 e. The first-order chi connectivity index (χ1) is 16.3. The van der Waals surface area contributed by atoms with Gasteiger partial charge in [-0.15, -0.1) is 0 Å². The van der Waals surface area contributed by atoms with E-state index in [1.807, 2.05) is 13.8 Å². The number of hydrogen-bond donors (Lipinski definition) is 2. The Balaban J connectivity index is 1.48. The number of carbonyl (C=O) groups is 3. The van der Waals surface area contributed by atoms with Gasteiger partial charge in [0, 0.05) is 31.1 Å². The summed E-state index contributed by atoms with van der Waals surface area (Å²) in [5.74, 6) is -1.79. The summed E-state index contributed by atoms with van der Waals surface area (Å²) in [5, 5.41) is 5.64. The van der Waals surface area contributed by atoms with Crippen molar-refractivity contribution >= 4 is 17.7 Å². The van der Waals surface area contributed by atoms with Gasteiger partial charge in [0.2, 0.25) is 11.8 Å². The highest BCUT2D eigenvalue weighted by molar-refractivity contribution is 5.97. The Kier molecular flexibility index (Phi) is 8.73. The first-order valence-electron chi connectivity index (χ1n) is 11.6. The quantitative estimate of drug-likeness (QED) is 0.620. The van der Waals surface area contributed by atoms with Gasteiger partial charge in [0.05, 0.1) is 0 Å². The molecule has 3 amide bonds. The van der Waals surface area contributed by atoms with Crippen molar-refractivity contribution in [2.24, 2.45) is 11.8 Å². The van der Waals surface area contributed by atoms with E-state index in [1.54, 1.807) is 23.1 Å². The van der Waals surface area contributed by atoms with Gasteiger partial charge in [-0.1, -0.05) is 32.0 Å². The van der Waals surface area contributed by atoms with Crippen LogP contribution in [0.4, 0.5) is 8.78 Å². The molecule has 1 atom stereocenters. The number of nitrogens with zero attached hydrogens (tertiary/aromatic N) is 1. The molecule has 0 spiro atoms. The third-order valence-electron chi connectivity index (χ3n) is 6.15. The number of hydrogen-bond acceptors (Lipinski definition) is 3. The second-order valence-corrected chi connectivity index (χ2v) is 8.93. The lowest BCUT2D eigenvalue weighted by Gasteiger charge is -2.35. The van der Waals surface area contributed by atoms with E-state index in [0.717, 1.165) is 0 Å². The summed E-state index contributed by atoms with van der Waals surface area (Å²) < 4.78 is 26.8. The number of rotatable bonds is 8. The molecule has 2 aromatic rings. The van der Waals surface area contributed by atoms with Crippen LogP contribution in [0, 0.1) is 23.5 Å². The predicted octanol–water partition coefficient (Wildman–Crippen LogP) is 3.32. The van der Waals surface area contributed by atoms with Crippen molar-refractivity contribution in [2.45, 2.75) is 39.2 Å². The van der Waals surface area contributed by atoms with E-state index in [2.05, 4.69) is 10.6 Å². The van der Waals surface area contributed by atoms with Crippen LogP contribution in [0.1, 0.15) is 42.6 Å². The fourth-order valence-electron chi connectivity index (χ4n) is 4.06. The molecule has 1 fully saturated rings. The summed E-state index contributed by atoms with van der Waals surface area (Å²) in [6.07, 6.45) is 1.46. The van der Waals surface area contributed by atoms with Gasteiger partial charge in [-0.3, -0.25) is 14.4 Å². The maximum Gasteiger partial charge on any atom is 0.251 e. The van der Waals surface area contributed by atoms with Crippen molar-refractivity contribution in [1.29, 1.82) is 0 Å². The third kappa shape index (κ3) is 6.62. The minimum atomic E-state index is -0.719. The molecule has 1 aliphatic heterocycles. The molecular formula is C26H31F2N3O3. The number of piperidine rings is 1. The standard InChI is InChI=1S/C26H31F2N3O3/c1-17(2)23(30-25(33)19-7-9-21(27)10-8-19)26(34)31-15-12-20(13-16-31)24(32)29-14-11-18-5-3-4-6-22(18)28/h3-10,17,20,23H,11-16H2,1-2H3,(H,29,32)(H,30,33). The maximum absolute atomic E-state index is 13.7. The lowest BCUT2D eigenvalue weighted by atomic mass is 9.94. The second kappa shape index (κ2) is 11.7. The number of carbonyl (C=O) groups excluding carboxylic acids is 3. The molecule has 34 heavy (non-hydrogen) atoms. The zero-order chi connectivity index (χ0) is 24.7. The van der Waals surface area contributed by atoms with Gasteiger partial charge in [0.25, 0.3) is 5.91 Å². The molecule has 8 heteroatoms. The lowest BCUT2D eigenvalue weighted by molar-refractivity contribution is -0.138. The van der Waals surface area contributed by atoms with Crippen LogP contribution in [0.25, 0.3) is 0 Å². The molecule has 1 aliphatic rings. The second-order valence-electron chi connectivity index (χ2n) is 8.93. The predicted molar refractivity (Wildman–Crippen MR) is 125 cm³/mol. The summed E-state index contributed by atoms with van der Waals surface area (Å²) >= 11 is 0. The molecular weight excluding hydrogens is 440 g/mol. The van der Waals surface area contributed by atoms with Gasteiger partial charge in [0.1, 0.15) is 17.7 Å². The molecule has 0 aromatic heterocycles. The smallest absolute Gasteiger partial charge is 0.251 e. The number of amides is 3. The van der Waals surface area contributed by atoms with E-state index in [-0.39, 0.29) is 35.0 Å². The molecule has 0 radical (unpaired) electrons. The Morgan fingerprint density at radius 2 is 1.65 bits per heavy atom. The van der Waals surface area contributed by atoms with E-state index in [0.29, 0.717) is 44.5 Å². The normalized spacial score (nSPS) is 15.1. The lowest BCUT2D eigenvalue weighted by Crippen LogP contribution is -2.53. The van der Waals surface area contributed by atoms with Gasteiger partial charge in [-0.05, 0) is 61.1 Å². The first kappa shape index (κ1) is 25.3. The number of benzene rings is 2. The Hall–Kier alpha value is -3.29. The fraction of sp³-hybridized carbons (Fsp3) is 0.423. The molecule has 1 heterocycles. The van der Waals surface area contributed by atoms with Crippen molar-refractivity contribution < 1.29 is 23.2 Å². The van der Waals surface area contributed by atoms with Crippen molar-refractivity contribution in [2.75, 3.05) is 19.6 Å². The summed E-state index contributed by atoms with van der Waals surface area (Å²) in [6, 6.07) is 10.9. The molecule has 0 bridgehead atoms. The molecule has 2 N–H and O–H groups in total. The number of likely N-dealkylation sites (tertiary alicyclic amines) is 1. The van der Waals surface area contributed by atoms with E-state index >= 15 is 0 Å². The topological polar surface area (TPSA) is 78.5 Å². The first-order valence-corrected chi connectivity index (χ1v) is 11.6. The molecule has 3 rings (SSSR count). The van der Waals surface area contributed by atoms with Gasteiger partial charge in [-0.25, -0.2) is 8.78 Å².